The second-order valence-electron chi connectivity index (χ2n) is 4.12. The van der Waals surface area contributed by atoms with Crippen molar-refractivity contribution in [2.45, 2.75) is 12.8 Å². The largest absolute Gasteiger partial charge is 0.497 e. The fraction of sp³-hybridized carbons (Fsp3) is 0.267. The molecule has 18 heavy (non-hydrogen) atoms. The Kier molecular flexibility index (Phi) is 2.54. The summed E-state index contributed by atoms with van der Waals surface area (Å²) >= 11 is 0. The van der Waals surface area contributed by atoms with Crippen molar-refractivity contribution in [2.24, 2.45) is 0 Å². The Hall–Kier alpha value is -2.03. The molecule has 3 nitrogen and oxygen atoms in total. The molecule has 2 rings (SSSR count). The summed E-state index contributed by atoms with van der Waals surface area (Å²) < 4.78 is 30.5. The molecular formula is C15H16O3. The normalized spacial score (nSPS) is 15.3. The zero-order chi connectivity index (χ0) is 15.6. The molecule has 0 fully saturated rings. The Morgan fingerprint density at radius 3 is 2.67 bits per heavy atom. The van der Waals surface area contributed by atoms with E-state index in [0.717, 1.165) is 16.5 Å². The van der Waals surface area contributed by atoms with E-state index in [0.29, 0.717) is 5.56 Å². The summed E-state index contributed by atoms with van der Waals surface area (Å²) in [5.74, 6) is -0.648. The first-order valence-electron chi connectivity index (χ1n) is 7.11. The Morgan fingerprint density at radius 1 is 1.22 bits per heavy atom. The van der Waals surface area contributed by atoms with Gasteiger partial charge in [-0.1, -0.05) is 24.3 Å². The van der Waals surface area contributed by atoms with Crippen LogP contribution in [-0.2, 0) is 9.53 Å². The molecule has 0 saturated heterocycles. The second-order valence-corrected chi connectivity index (χ2v) is 4.12. The molecule has 2 aromatic rings. The van der Waals surface area contributed by atoms with E-state index in [9.17, 15) is 4.79 Å². The SMILES string of the molecule is [2H]C([2H])([2H])OC(=O)[C@@H](C)c1ccc2cc(OC)ccc2c1. The minimum atomic E-state index is -2.71. The highest BCUT2D eigenvalue weighted by molar-refractivity contribution is 5.86. The van der Waals surface area contributed by atoms with E-state index in [1.165, 1.54) is 0 Å². The van der Waals surface area contributed by atoms with Crippen LogP contribution in [0.3, 0.4) is 0 Å². The first-order valence-corrected chi connectivity index (χ1v) is 5.61. The van der Waals surface area contributed by atoms with Gasteiger partial charge >= 0.3 is 5.97 Å². The number of hydrogen-bond donors (Lipinski definition) is 0. The maximum Gasteiger partial charge on any atom is 0.312 e. The van der Waals surface area contributed by atoms with Crippen LogP contribution in [0, 0.1) is 0 Å². The molecule has 94 valence electrons. The van der Waals surface area contributed by atoms with Gasteiger partial charge in [0.1, 0.15) is 5.75 Å². The standard InChI is InChI=1S/C15H16O3/c1-10(15(16)18-3)11-4-5-13-9-14(17-2)7-6-12(13)8-11/h4-10H,1-3H3/t10-/m0/s1/i3D3. The number of ether oxygens (including phenoxy) is 2. The predicted octanol–water partition coefficient (Wildman–Crippen LogP) is 3.12. The van der Waals surface area contributed by atoms with Crippen molar-refractivity contribution < 1.29 is 18.4 Å². The van der Waals surface area contributed by atoms with Crippen molar-refractivity contribution in [3.8, 4) is 5.75 Å². The van der Waals surface area contributed by atoms with Crippen LogP contribution in [-0.4, -0.2) is 20.1 Å². The molecule has 0 saturated carbocycles. The van der Waals surface area contributed by atoms with Crippen molar-refractivity contribution in [1.82, 2.24) is 0 Å². The molecule has 0 amide bonds. The third-order valence-electron chi connectivity index (χ3n) is 3.03. The molecule has 0 aliphatic heterocycles. The Morgan fingerprint density at radius 2 is 1.94 bits per heavy atom. The summed E-state index contributed by atoms with van der Waals surface area (Å²) in [5.41, 5.74) is 0.710. The number of carbonyl (C=O) groups is 1. The van der Waals surface area contributed by atoms with E-state index in [-0.39, 0.29) is 0 Å². The van der Waals surface area contributed by atoms with E-state index in [1.54, 1.807) is 20.1 Å². The number of fused-ring (bicyclic) bond motifs is 1. The summed E-state index contributed by atoms with van der Waals surface area (Å²) in [4.78, 5) is 11.8. The van der Waals surface area contributed by atoms with E-state index in [1.807, 2.05) is 30.3 Å². The highest BCUT2D eigenvalue weighted by atomic mass is 16.5. The molecule has 0 spiro atoms. The third kappa shape index (κ3) is 2.30. The summed E-state index contributed by atoms with van der Waals surface area (Å²) in [5, 5.41) is 1.93. The molecule has 0 aromatic heterocycles. The van der Waals surface area contributed by atoms with Crippen LogP contribution in [0.2, 0.25) is 0 Å². The summed E-state index contributed by atoms with van der Waals surface area (Å²) in [6.45, 7) is 1.62. The molecule has 0 radical (unpaired) electrons. The number of methoxy groups -OCH3 is 2. The van der Waals surface area contributed by atoms with E-state index in [4.69, 9.17) is 8.85 Å². The number of esters is 1. The van der Waals surface area contributed by atoms with Crippen LogP contribution in [0.25, 0.3) is 10.8 Å². The van der Waals surface area contributed by atoms with Gasteiger partial charge in [-0.3, -0.25) is 4.79 Å². The first kappa shape index (κ1) is 8.97. The van der Waals surface area contributed by atoms with E-state index < -0.39 is 18.9 Å². The van der Waals surface area contributed by atoms with Crippen LogP contribution in [0.4, 0.5) is 0 Å². The van der Waals surface area contributed by atoms with Crippen molar-refractivity contribution in [3.05, 3.63) is 42.0 Å². The quantitative estimate of drug-likeness (QED) is 0.782. The zero-order valence-corrected chi connectivity index (χ0v) is 10.3. The molecule has 0 unspecified atom stereocenters. The molecule has 0 bridgehead atoms. The molecule has 0 aliphatic carbocycles. The van der Waals surface area contributed by atoms with Gasteiger partial charge < -0.3 is 9.47 Å². The Balaban J connectivity index is 2.28. The minimum Gasteiger partial charge on any atom is -0.497 e. The predicted molar refractivity (Wildman–Crippen MR) is 70.9 cm³/mol. The van der Waals surface area contributed by atoms with Gasteiger partial charge in [0.25, 0.3) is 0 Å². The number of hydrogen-bond acceptors (Lipinski definition) is 3. The summed E-state index contributed by atoms with van der Waals surface area (Å²) in [6, 6.07) is 11.1. The fourth-order valence-corrected chi connectivity index (χ4v) is 1.86. The van der Waals surface area contributed by atoms with Crippen LogP contribution >= 0.6 is 0 Å². The lowest BCUT2D eigenvalue weighted by Gasteiger charge is -2.10. The van der Waals surface area contributed by atoms with Gasteiger partial charge in [0, 0.05) is 0 Å². The Bertz CT molecular complexity index is 665. The van der Waals surface area contributed by atoms with Crippen molar-refractivity contribution in [3.63, 3.8) is 0 Å². The zero-order valence-electron chi connectivity index (χ0n) is 13.3. The average Bonchev–Trinajstić information content (AvgIpc) is 2.43. The number of benzene rings is 2. The molecule has 1 atom stereocenters. The second kappa shape index (κ2) is 5.08. The summed E-state index contributed by atoms with van der Waals surface area (Å²) in [6.07, 6.45) is 0. The van der Waals surface area contributed by atoms with Gasteiger partial charge in [-0.05, 0) is 35.4 Å². The molecule has 0 N–H and O–H groups in total. The molecule has 2 aromatic carbocycles. The van der Waals surface area contributed by atoms with Gasteiger partial charge in [0.2, 0.25) is 0 Å². The average molecular weight is 247 g/mol. The van der Waals surface area contributed by atoms with Gasteiger partial charge in [0.15, 0.2) is 0 Å². The third-order valence-corrected chi connectivity index (χ3v) is 3.03. The van der Waals surface area contributed by atoms with Crippen molar-refractivity contribution in [1.29, 1.82) is 0 Å². The lowest BCUT2D eigenvalue weighted by atomic mass is 9.98. The molecule has 0 aliphatic rings. The lowest BCUT2D eigenvalue weighted by molar-refractivity contribution is -0.141. The first-order chi connectivity index (χ1) is 9.80. The van der Waals surface area contributed by atoms with E-state index >= 15 is 0 Å². The van der Waals surface area contributed by atoms with Crippen molar-refractivity contribution >= 4 is 16.7 Å². The van der Waals surface area contributed by atoms with Crippen molar-refractivity contribution in [2.75, 3.05) is 14.1 Å². The highest BCUT2D eigenvalue weighted by Crippen LogP contribution is 2.25. The lowest BCUT2D eigenvalue weighted by Crippen LogP contribution is -2.10. The number of rotatable bonds is 3. The summed E-state index contributed by atoms with van der Waals surface area (Å²) in [7, 11) is -1.11. The van der Waals surface area contributed by atoms with Gasteiger partial charge in [-0.15, -0.1) is 0 Å². The van der Waals surface area contributed by atoms with E-state index in [2.05, 4.69) is 4.74 Å². The molecule has 0 heterocycles. The molecule has 3 heteroatoms. The van der Waals surface area contributed by atoms with Gasteiger partial charge in [-0.2, -0.15) is 0 Å². The van der Waals surface area contributed by atoms with Crippen LogP contribution in [0.5, 0.6) is 5.75 Å². The van der Waals surface area contributed by atoms with Gasteiger partial charge in [0.05, 0.1) is 24.2 Å². The van der Waals surface area contributed by atoms with Crippen LogP contribution in [0.15, 0.2) is 36.4 Å². The maximum absolute atomic E-state index is 11.8. The monoisotopic (exact) mass is 247 g/mol. The number of carbonyl (C=O) groups excluding carboxylic acids is 1. The Labute approximate surface area is 111 Å². The smallest absolute Gasteiger partial charge is 0.312 e. The van der Waals surface area contributed by atoms with Crippen LogP contribution < -0.4 is 4.74 Å². The molecular weight excluding hydrogens is 228 g/mol. The van der Waals surface area contributed by atoms with Crippen LogP contribution in [0.1, 0.15) is 22.5 Å². The topological polar surface area (TPSA) is 35.5 Å². The highest BCUT2D eigenvalue weighted by Gasteiger charge is 2.15. The van der Waals surface area contributed by atoms with Gasteiger partial charge in [-0.25, -0.2) is 0 Å². The minimum absolute atomic E-state index is 0.642. The maximum atomic E-state index is 11.8. The fourth-order valence-electron chi connectivity index (χ4n) is 1.86.